The van der Waals surface area contributed by atoms with Crippen LogP contribution in [0.3, 0.4) is 0 Å². The molecule has 0 bridgehead atoms. The third kappa shape index (κ3) is 3.30. The maximum atomic E-state index is 14.1. The Labute approximate surface area is 260 Å². The van der Waals surface area contributed by atoms with Crippen LogP contribution in [-0.4, -0.2) is 14.1 Å². The van der Waals surface area contributed by atoms with E-state index in [-0.39, 0.29) is 5.56 Å². The molecular formula is C40H23N3OS. The van der Waals surface area contributed by atoms with E-state index in [1.54, 1.807) is 10.8 Å². The highest BCUT2D eigenvalue weighted by Gasteiger charge is 2.22. The van der Waals surface area contributed by atoms with Crippen molar-refractivity contribution in [2.45, 2.75) is 0 Å². The summed E-state index contributed by atoms with van der Waals surface area (Å²) in [6.07, 6.45) is 1.77. The van der Waals surface area contributed by atoms with Crippen molar-refractivity contribution in [2.24, 2.45) is 0 Å². The Kier molecular flexibility index (Phi) is 4.99. The highest BCUT2D eigenvalue weighted by Crippen LogP contribution is 2.47. The van der Waals surface area contributed by atoms with E-state index in [0.717, 1.165) is 38.8 Å². The molecule has 0 aliphatic heterocycles. The molecule has 45 heavy (non-hydrogen) atoms. The summed E-state index contributed by atoms with van der Waals surface area (Å²) >= 11 is 1.84. The molecule has 5 heteroatoms. The Balaban J connectivity index is 1.39. The van der Waals surface area contributed by atoms with Crippen LogP contribution < -0.4 is 5.56 Å². The summed E-state index contributed by atoms with van der Waals surface area (Å²) < 4.78 is 6.62. The van der Waals surface area contributed by atoms with Crippen LogP contribution in [0.25, 0.3) is 85.9 Å². The molecule has 0 fully saturated rings. The summed E-state index contributed by atoms with van der Waals surface area (Å²) in [6, 6.07) is 46.2. The summed E-state index contributed by atoms with van der Waals surface area (Å²) in [5.74, 6) is 0.796. The molecule has 0 aliphatic rings. The summed E-state index contributed by atoms with van der Waals surface area (Å²) in [5.41, 5.74) is 3.88. The minimum Gasteiger partial charge on any atom is -0.292 e. The van der Waals surface area contributed by atoms with Crippen LogP contribution in [0, 0.1) is 0 Å². The zero-order valence-corrected chi connectivity index (χ0v) is 24.8. The predicted octanol–water partition coefficient (Wildman–Crippen LogP) is 10.2. The van der Waals surface area contributed by atoms with Crippen LogP contribution in [0.1, 0.15) is 0 Å². The standard InChI is InChI=1S/C40H23N3OS/c44-40-31-23-41-35(22-30(31)25-14-6-9-19-32(25)42(40)24-12-2-1-3-13-24)43-33-20-10-7-17-28(33)36-26-15-4-5-16-27(26)37-29-18-8-11-21-34(29)45-39(37)38(36)43/h1-23H. The molecule has 0 unspecified atom stereocenters. The second-order valence-electron chi connectivity index (χ2n) is 11.5. The fourth-order valence-corrected chi connectivity index (χ4v) is 8.54. The monoisotopic (exact) mass is 593 g/mol. The van der Waals surface area contributed by atoms with Crippen molar-refractivity contribution in [1.29, 1.82) is 0 Å². The molecule has 6 aromatic carbocycles. The molecule has 0 radical (unpaired) electrons. The zero-order chi connectivity index (χ0) is 29.6. The van der Waals surface area contributed by atoms with Gasteiger partial charge in [0.15, 0.2) is 0 Å². The maximum absolute atomic E-state index is 14.1. The van der Waals surface area contributed by atoms with E-state index in [9.17, 15) is 4.79 Å². The first-order chi connectivity index (χ1) is 22.3. The van der Waals surface area contributed by atoms with Crippen LogP contribution in [0.2, 0.25) is 0 Å². The van der Waals surface area contributed by atoms with Crippen LogP contribution in [0.15, 0.2) is 144 Å². The fraction of sp³-hybridized carbons (Fsp3) is 0. The SMILES string of the molecule is O=c1c2cnc(-n3c4ccccc4c4c5ccccc5c5c6ccccc6sc5c43)cc2c2ccccc2n1-c1ccccc1. The van der Waals surface area contributed by atoms with Crippen molar-refractivity contribution in [3.05, 3.63) is 150 Å². The second kappa shape index (κ2) is 9.11. The zero-order valence-electron chi connectivity index (χ0n) is 23.9. The Morgan fingerprint density at radius 3 is 1.89 bits per heavy atom. The number of para-hydroxylation sites is 3. The van der Waals surface area contributed by atoms with Gasteiger partial charge in [0.05, 0.1) is 26.6 Å². The van der Waals surface area contributed by atoms with Gasteiger partial charge < -0.3 is 0 Å². The molecule has 4 heterocycles. The minimum absolute atomic E-state index is 0.0749. The molecule has 0 aliphatic carbocycles. The van der Waals surface area contributed by atoms with Crippen LogP contribution >= 0.6 is 11.3 Å². The predicted molar refractivity (Wildman–Crippen MR) is 190 cm³/mol. The van der Waals surface area contributed by atoms with E-state index in [2.05, 4.69) is 89.5 Å². The summed E-state index contributed by atoms with van der Waals surface area (Å²) in [7, 11) is 0. The summed E-state index contributed by atoms with van der Waals surface area (Å²) in [4.78, 5) is 19.2. The molecule has 0 spiro atoms. The van der Waals surface area contributed by atoms with Gasteiger partial charge in [-0.2, -0.15) is 0 Å². The molecule has 0 N–H and O–H groups in total. The number of hydrogen-bond donors (Lipinski definition) is 0. The lowest BCUT2D eigenvalue weighted by Crippen LogP contribution is -2.19. The Morgan fingerprint density at radius 2 is 1.11 bits per heavy atom. The van der Waals surface area contributed by atoms with E-state index in [4.69, 9.17) is 4.98 Å². The Hall–Kier alpha value is -5.78. The molecule has 0 saturated heterocycles. The maximum Gasteiger partial charge on any atom is 0.265 e. The molecule has 210 valence electrons. The van der Waals surface area contributed by atoms with E-state index in [1.807, 2.05) is 59.9 Å². The molecule has 4 nitrogen and oxygen atoms in total. The minimum atomic E-state index is -0.0749. The van der Waals surface area contributed by atoms with Crippen LogP contribution in [0.5, 0.6) is 0 Å². The normalized spacial score (nSPS) is 12.1. The lowest BCUT2D eigenvalue weighted by atomic mass is 9.99. The number of fused-ring (bicyclic) bond motifs is 13. The first kappa shape index (κ1) is 24.6. The smallest absolute Gasteiger partial charge is 0.265 e. The van der Waals surface area contributed by atoms with Gasteiger partial charge in [-0.15, -0.1) is 11.3 Å². The van der Waals surface area contributed by atoms with Crippen LogP contribution in [0.4, 0.5) is 0 Å². The molecular weight excluding hydrogens is 571 g/mol. The first-order valence-corrected chi connectivity index (χ1v) is 15.8. The molecule has 4 aromatic heterocycles. The fourth-order valence-electron chi connectivity index (χ4n) is 7.28. The highest BCUT2D eigenvalue weighted by atomic mass is 32.1. The van der Waals surface area contributed by atoms with Crippen molar-refractivity contribution in [3.63, 3.8) is 0 Å². The van der Waals surface area contributed by atoms with Crippen molar-refractivity contribution < 1.29 is 0 Å². The van der Waals surface area contributed by atoms with Crippen molar-refractivity contribution in [1.82, 2.24) is 14.1 Å². The number of nitrogens with zero attached hydrogens (tertiary/aromatic N) is 3. The first-order valence-electron chi connectivity index (χ1n) is 15.0. The number of benzene rings is 6. The number of hydrogen-bond acceptors (Lipinski definition) is 3. The van der Waals surface area contributed by atoms with Gasteiger partial charge in [0.2, 0.25) is 0 Å². The molecule has 10 rings (SSSR count). The van der Waals surface area contributed by atoms with Gasteiger partial charge in [0, 0.05) is 48.9 Å². The highest BCUT2D eigenvalue weighted by molar-refractivity contribution is 7.27. The van der Waals surface area contributed by atoms with Gasteiger partial charge >= 0.3 is 0 Å². The van der Waals surface area contributed by atoms with Crippen LogP contribution in [-0.2, 0) is 0 Å². The third-order valence-electron chi connectivity index (χ3n) is 9.15. The van der Waals surface area contributed by atoms with Gasteiger partial charge in [0.1, 0.15) is 5.82 Å². The van der Waals surface area contributed by atoms with Gasteiger partial charge in [-0.05, 0) is 47.2 Å². The van der Waals surface area contributed by atoms with Crippen molar-refractivity contribution in [2.75, 3.05) is 0 Å². The molecule has 0 saturated carbocycles. The second-order valence-corrected chi connectivity index (χ2v) is 12.6. The summed E-state index contributed by atoms with van der Waals surface area (Å²) in [6.45, 7) is 0. The van der Waals surface area contributed by atoms with E-state index >= 15 is 0 Å². The van der Waals surface area contributed by atoms with E-state index in [1.165, 1.54) is 41.7 Å². The van der Waals surface area contributed by atoms with Gasteiger partial charge in [-0.3, -0.25) is 13.9 Å². The largest absolute Gasteiger partial charge is 0.292 e. The van der Waals surface area contributed by atoms with Crippen molar-refractivity contribution in [3.8, 4) is 11.5 Å². The Morgan fingerprint density at radius 1 is 0.511 bits per heavy atom. The summed E-state index contributed by atoms with van der Waals surface area (Å²) in [5, 5.41) is 9.96. The molecule has 0 atom stereocenters. The average Bonchev–Trinajstić information content (AvgIpc) is 3.66. The van der Waals surface area contributed by atoms with E-state index in [0.29, 0.717) is 5.39 Å². The lowest BCUT2D eigenvalue weighted by molar-refractivity contribution is 1.05. The number of rotatable bonds is 2. The molecule has 10 aromatic rings. The van der Waals surface area contributed by atoms with Gasteiger partial charge in [-0.1, -0.05) is 97.1 Å². The number of thiophene rings is 1. The van der Waals surface area contributed by atoms with E-state index < -0.39 is 0 Å². The lowest BCUT2D eigenvalue weighted by Gasteiger charge is -2.15. The Bertz CT molecular complexity index is 2900. The quantitative estimate of drug-likeness (QED) is 0.187. The number of aromatic nitrogens is 3. The van der Waals surface area contributed by atoms with Gasteiger partial charge in [0.25, 0.3) is 5.56 Å². The third-order valence-corrected chi connectivity index (χ3v) is 10.3. The topological polar surface area (TPSA) is 39.8 Å². The average molecular weight is 594 g/mol. The molecule has 0 amide bonds. The van der Waals surface area contributed by atoms with Gasteiger partial charge in [-0.25, -0.2) is 4.98 Å². The number of pyridine rings is 2. The van der Waals surface area contributed by atoms with Crippen molar-refractivity contribution >= 4 is 85.8 Å².